The topological polar surface area (TPSA) is 95.9 Å². The van der Waals surface area contributed by atoms with Crippen LogP contribution in [-0.4, -0.2) is 53.6 Å². The molecule has 3 rings (SSSR count). The van der Waals surface area contributed by atoms with Gasteiger partial charge in [0.05, 0.1) is 0 Å². The third kappa shape index (κ3) is 4.40. The van der Waals surface area contributed by atoms with Gasteiger partial charge in [0, 0.05) is 37.3 Å². The monoisotopic (exact) mass is 360 g/mol. The highest BCUT2D eigenvalue weighted by Crippen LogP contribution is 2.28. The smallest absolute Gasteiger partial charge is 0.323 e. The quantitative estimate of drug-likeness (QED) is 0.804. The average Bonchev–Trinajstić information content (AvgIpc) is 2.64. The Morgan fingerprint density at radius 2 is 1.96 bits per heavy atom. The molecule has 2 heterocycles. The summed E-state index contributed by atoms with van der Waals surface area (Å²) >= 11 is 0. The Hall–Kier alpha value is -2.41. The maximum absolute atomic E-state index is 12.7. The number of hydrogen-bond acceptors (Lipinski definition) is 4. The molecule has 1 unspecified atom stereocenters. The van der Waals surface area contributed by atoms with Crippen LogP contribution in [0.5, 0.6) is 0 Å². The maximum atomic E-state index is 12.7. The van der Waals surface area contributed by atoms with Crippen LogP contribution in [0.4, 0.5) is 5.69 Å². The number of benzene rings is 1. The Labute approximate surface area is 152 Å². The highest BCUT2D eigenvalue weighted by atomic mass is 16.5. The molecule has 1 aromatic carbocycles. The van der Waals surface area contributed by atoms with Crippen molar-refractivity contribution in [3.8, 4) is 0 Å². The number of hydrogen-bond donors (Lipinski definition) is 2. The number of nitrogens with zero attached hydrogens (tertiary/aromatic N) is 1. The van der Waals surface area contributed by atoms with Crippen LogP contribution in [-0.2, 0) is 25.5 Å². The lowest BCUT2D eigenvalue weighted by Gasteiger charge is -2.33. The predicted molar refractivity (Wildman–Crippen MR) is 94.7 cm³/mol. The van der Waals surface area contributed by atoms with Gasteiger partial charge in [-0.3, -0.25) is 14.4 Å². The third-order valence-electron chi connectivity index (χ3n) is 5.08. The molecule has 1 fully saturated rings. The lowest BCUT2D eigenvalue weighted by molar-refractivity contribution is -0.148. The lowest BCUT2D eigenvalue weighted by atomic mass is 9.89. The summed E-state index contributed by atoms with van der Waals surface area (Å²) in [5.41, 5.74) is 1.89. The van der Waals surface area contributed by atoms with E-state index in [2.05, 4.69) is 5.32 Å². The van der Waals surface area contributed by atoms with E-state index in [9.17, 15) is 14.4 Å². The van der Waals surface area contributed by atoms with E-state index in [4.69, 9.17) is 9.84 Å². The molecule has 1 aromatic rings. The van der Waals surface area contributed by atoms with Crippen LogP contribution in [0, 0.1) is 5.92 Å². The number of fused-ring (bicyclic) bond motifs is 1. The number of anilines is 1. The SMILES string of the molecule is O=C(O)CN(C(=O)CCC1Cc2ccccc2NC1=O)C1CCOCC1. The fourth-order valence-corrected chi connectivity index (χ4v) is 3.65. The van der Waals surface area contributed by atoms with Crippen LogP contribution >= 0.6 is 0 Å². The molecule has 7 nitrogen and oxygen atoms in total. The first-order valence-electron chi connectivity index (χ1n) is 9.02. The molecule has 2 aliphatic rings. The Morgan fingerprint density at radius 1 is 1.23 bits per heavy atom. The molecule has 1 saturated heterocycles. The van der Waals surface area contributed by atoms with Gasteiger partial charge in [-0.1, -0.05) is 18.2 Å². The molecule has 0 bridgehead atoms. The molecule has 140 valence electrons. The summed E-state index contributed by atoms with van der Waals surface area (Å²) in [4.78, 5) is 37.5. The van der Waals surface area contributed by atoms with Gasteiger partial charge in [-0.25, -0.2) is 0 Å². The van der Waals surface area contributed by atoms with Crippen LogP contribution in [0.25, 0.3) is 0 Å². The van der Waals surface area contributed by atoms with E-state index in [1.54, 1.807) is 0 Å². The molecule has 1 atom stereocenters. The average molecular weight is 360 g/mol. The van der Waals surface area contributed by atoms with Crippen molar-refractivity contribution >= 4 is 23.5 Å². The highest BCUT2D eigenvalue weighted by Gasteiger charge is 2.30. The van der Waals surface area contributed by atoms with Crippen molar-refractivity contribution in [1.29, 1.82) is 0 Å². The van der Waals surface area contributed by atoms with Gasteiger partial charge in [0.2, 0.25) is 11.8 Å². The summed E-state index contributed by atoms with van der Waals surface area (Å²) < 4.78 is 5.30. The second-order valence-corrected chi connectivity index (χ2v) is 6.85. The number of nitrogens with one attached hydrogen (secondary N) is 1. The van der Waals surface area contributed by atoms with Gasteiger partial charge in [-0.15, -0.1) is 0 Å². The Kier molecular flexibility index (Phi) is 5.88. The molecule has 0 aromatic heterocycles. The first-order chi connectivity index (χ1) is 12.5. The van der Waals surface area contributed by atoms with E-state index < -0.39 is 5.97 Å². The van der Waals surface area contributed by atoms with E-state index in [0.29, 0.717) is 38.9 Å². The van der Waals surface area contributed by atoms with Gasteiger partial charge >= 0.3 is 5.97 Å². The van der Waals surface area contributed by atoms with E-state index >= 15 is 0 Å². The van der Waals surface area contributed by atoms with Crippen LogP contribution in [0.3, 0.4) is 0 Å². The Bertz CT molecular complexity index is 684. The number of ether oxygens (including phenoxy) is 1. The van der Waals surface area contributed by atoms with Gasteiger partial charge < -0.3 is 20.1 Å². The van der Waals surface area contributed by atoms with E-state index in [1.165, 1.54) is 4.90 Å². The van der Waals surface area contributed by atoms with Crippen molar-refractivity contribution < 1.29 is 24.2 Å². The number of carboxylic acids is 1. The number of rotatable bonds is 6. The van der Waals surface area contributed by atoms with Crippen LogP contribution in [0.2, 0.25) is 0 Å². The Morgan fingerprint density at radius 3 is 2.69 bits per heavy atom. The summed E-state index contributed by atoms with van der Waals surface area (Å²) in [5.74, 6) is -1.57. The summed E-state index contributed by atoms with van der Waals surface area (Å²) in [6.45, 7) is 0.773. The van der Waals surface area contributed by atoms with Crippen LogP contribution in [0.1, 0.15) is 31.2 Å². The van der Waals surface area contributed by atoms with Crippen LogP contribution < -0.4 is 5.32 Å². The van der Waals surface area contributed by atoms with Gasteiger partial charge in [0.15, 0.2) is 0 Å². The van der Waals surface area contributed by atoms with E-state index in [-0.39, 0.29) is 36.7 Å². The van der Waals surface area contributed by atoms with Crippen molar-refractivity contribution in [1.82, 2.24) is 4.90 Å². The number of aliphatic carboxylic acids is 1. The lowest BCUT2D eigenvalue weighted by Crippen LogP contribution is -2.46. The number of carbonyl (C=O) groups excluding carboxylic acids is 2. The first-order valence-corrected chi connectivity index (χ1v) is 9.02. The second-order valence-electron chi connectivity index (χ2n) is 6.85. The van der Waals surface area contributed by atoms with Gasteiger partial charge in [-0.05, 0) is 37.3 Å². The standard InChI is InChI=1S/C19H24N2O5/c22-17(21(12-18(23)24)15-7-9-26-10-8-15)6-5-14-11-13-3-1-2-4-16(13)20-19(14)25/h1-4,14-15H,5-12H2,(H,20,25)(H,23,24). The van der Waals surface area contributed by atoms with Crippen molar-refractivity contribution in [3.05, 3.63) is 29.8 Å². The summed E-state index contributed by atoms with van der Waals surface area (Å²) in [7, 11) is 0. The molecule has 2 amide bonds. The molecule has 0 aliphatic carbocycles. The minimum Gasteiger partial charge on any atom is -0.480 e. The largest absolute Gasteiger partial charge is 0.480 e. The molecule has 7 heteroatoms. The molecular weight excluding hydrogens is 336 g/mol. The zero-order chi connectivity index (χ0) is 18.5. The van der Waals surface area contributed by atoms with Crippen molar-refractivity contribution in [2.45, 2.75) is 38.1 Å². The normalized spacial score (nSPS) is 20.2. The molecule has 26 heavy (non-hydrogen) atoms. The third-order valence-corrected chi connectivity index (χ3v) is 5.08. The van der Waals surface area contributed by atoms with Gasteiger partial charge in [-0.2, -0.15) is 0 Å². The predicted octanol–water partition coefficient (Wildman–Crippen LogP) is 1.67. The van der Waals surface area contributed by atoms with E-state index in [0.717, 1.165) is 11.3 Å². The second kappa shape index (κ2) is 8.31. The summed E-state index contributed by atoms with van der Waals surface area (Å²) in [5, 5.41) is 12.0. The van der Waals surface area contributed by atoms with Crippen molar-refractivity contribution in [2.24, 2.45) is 5.92 Å². The highest BCUT2D eigenvalue weighted by molar-refractivity contribution is 5.96. The van der Waals surface area contributed by atoms with Crippen molar-refractivity contribution in [3.63, 3.8) is 0 Å². The molecular formula is C19H24N2O5. The first kappa shape index (κ1) is 18.4. The van der Waals surface area contributed by atoms with E-state index in [1.807, 2.05) is 24.3 Å². The van der Waals surface area contributed by atoms with Crippen molar-refractivity contribution in [2.75, 3.05) is 25.1 Å². The zero-order valence-corrected chi connectivity index (χ0v) is 14.6. The number of carbonyl (C=O) groups is 3. The van der Waals surface area contributed by atoms with Gasteiger partial charge in [0.1, 0.15) is 6.54 Å². The van der Waals surface area contributed by atoms with Gasteiger partial charge in [0.25, 0.3) is 0 Å². The fourth-order valence-electron chi connectivity index (χ4n) is 3.65. The molecule has 0 radical (unpaired) electrons. The molecule has 0 spiro atoms. The maximum Gasteiger partial charge on any atom is 0.323 e. The van der Waals surface area contributed by atoms with Crippen LogP contribution in [0.15, 0.2) is 24.3 Å². The molecule has 2 aliphatic heterocycles. The summed E-state index contributed by atoms with van der Waals surface area (Å²) in [6, 6.07) is 7.54. The molecule has 2 N–H and O–H groups in total. The molecule has 0 saturated carbocycles. The fraction of sp³-hybridized carbons (Fsp3) is 0.526. The Balaban J connectivity index is 1.60. The number of amides is 2. The number of para-hydroxylation sites is 1. The zero-order valence-electron chi connectivity index (χ0n) is 14.6. The summed E-state index contributed by atoms with van der Waals surface area (Å²) in [6.07, 6.45) is 2.49. The minimum absolute atomic E-state index is 0.0765. The minimum atomic E-state index is -1.02. The number of carboxylic acid groups (broad SMARTS) is 1.